The number of hydrogen-bond acceptors (Lipinski definition) is 5. The van der Waals surface area contributed by atoms with Gasteiger partial charge in [0.15, 0.2) is 11.5 Å². The first kappa shape index (κ1) is 16.5. The summed E-state index contributed by atoms with van der Waals surface area (Å²) in [4.78, 5) is 2.20. The molecule has 1 heterocycles. The van der Waals surface area contributed by atoms with Gasteiger partial charge >= 0.3 is 0 Å². The number of rotatable bonds is 7. The molecule has 0 bridgehead atoms. The van der Waals surface area contributed by atoms with E-state index in [0.717, 1.165) is 28.1 Å². The Morgan fingerprint density at radius 2 is 2.14 bits per heavy atom. The van der Waals surface area contributed by atoms with Crippen LogP contribution in [0.15, 0.2) is 16.6 Å². The number of benzene rings is 1. The highest BCUT2D eigenvalue weighted by Gasteiger charge is 2.23. The summed E-state index contributed by atoms with van der Waals surface area (Å²) in [6.07, 6.45) is 0.245. The Hall–Kier alpha value is -0.820. The molecule has 5 nitrogen and oxygen atoms in total. The van der Waals surface area contributed by atoms with Crippen molar-refractivity contribution in [2.45, 2.75) is 26.0 Å². The van der Waals surface area contributed by atoms with Gasteiger partial charge in [0.2, 0.25) is 6.79 Å². The molecule has 21 heavy (non-hydrogen) atoms. The molecule has 118 valence electrons. The minimum Gasteiger partial charge on any atom is -0.454 e. The van der Waals surface area contributed by atoms with Crippen LogP contribution < -0.4 is 15.2 Å². The average Bonchev–Trinajstić information content (AvgIpc) is 2.88. The molecule has 0 fully saturated rings. The summed E-state index contributed by atoms with van der Waals surface area (Å²) < 4.78 is 17.4. The highest BCUT2D eigenvalue weighted by atomic mass is 79.9. The largest absolute Gasteiger partial charge is 0.454 e. The summed E-state index contributed by atoms with van der Waals surface area (Å²) in [7, 11) is 2.06. The first-order valence-electron chi connectivity index (χ1n) is 7.14. The molecule has 1 unspecified atom stereocenters. The van der Waals surface area contributed by atoms with Crippen molar-refractivity contribution >= 4 is 15.9 Å². The van der Waals surface area contributed by atoms with Crippen LogP contribution in [0.25, 0.3) is 0 Å². The molecule has 1 aliphatic heterocycles. The molecule has 2 rings (SSSR count). The smallest absolute Gasteiger partial charge is 0.231 e. The van der Waals surface area contributed by atoms with Crippen LogP contribution in [-0.2, 0) is 4.74 Å². The van der Waals surface area contributed by atoms with Crippen LogP contribution in [0.2, 0.25) is 0 Å². The number of fused-ring (bicyclic) bond motifs is 1. The second-order valence-electron chi connectivity index (χ2n) is 5.39. The second kappa shape index (κ2) is 7.45. The lowest BCUT2D eigenvalue weighted by molar-refractivity contribution is 0.0564. The van der Waals surface area contributed by atoms with E-state index in [1.807, 2.05) is 26.0 Å². The molecule has 1 aromatic rings. The van der Waals surface area contributed by atoms with Crippen molar-refractivity contribution in [3.63, 3.8) is 0 Å². The van der Waals surface area contributed by atoms with Gasteiger partial charge in [0.25, 0.3) is 0 Å². The average molecular weight is 359 g/mol. The quantitative estimate of drug-likeness (QED) is 0.811. The molecule has 0 radical (unpaired) electrons. The van der Waals surface area contributed by atoms with E-state index in [0.29, 0.717) is 13.2 Å². The molecule has 0 aromatic heterocycles. The van der Waals surface area contributed by atoms with Crippen molar-refractivity contribution in [2.75, 3.05) is 33.5 Å². The van der Waals surface area contributed by atoms with Gasteiger partial charge in [0.05, 0.1) is 17.2 Å². The molecular formula is C15H23BrN2O3. The van der Waals surface area contributed by atoms with Crippen molar-refractivity contribution in [1.29, 1.82) is 0 Å². The van der Waals surface area contributed by atoms with Crippen molar-refractivity contribution in [1.82, 2.24) is 4.90 Å². The number of nitrogens with two attached hydrogens (primary N) is 1. The Balaban J connectivity index is 2.08. The lowest BCUT2D eigenvalue weighted by Gasteiger charge is -2.28. The van der Waals surface area contributed by atoms with Crippen molar-refractivity contribution in [3.05, 3.63) is 22.2 Å². The summed E-state index contributed by atoms with van der Waals surface area (Å²) in [6.45, 7) is 6.39. The maximum atomic E-state index is 5.96. The van der Waals surface area contributed by atoms with Crippen LogP contribution >= 0.6 is 15.9 Å². The van der Waals surface area contributed by atoms with Crippen LogP contribution in [0.5, 0.6) is 11.5 Å². The first-order valence-corrected chi connectivity index (χ1v) is 7.93. The number of hydrogen-bond donors (Lipinski definition) is 1. The fourth-order valence-electron chi connectivity index (χ4n) is 2.34. The monoisotopic (exact) mass is 358 g/mol. The van der Waals surface area contributed by atoms with E-state index in [4.69, 9.17) is 19.9 Å². The van der Waals surface area contributed by atoms with E-state index >= 15 is 0 Å². The van der Waals surface area contributed by atoms with E-state index in [-0.39, 0.29) is 18.9 Å². The number of halogens is 1. The summed E-state index contributed by atoms with van der Waals surface area (Å²) in [5.74, 6) is 1.53. The lowest BCUT2D eigenvalue weighted by Crippen LogP contribution is -2.33. The third kappa shape index (κ3) is 4.10. The van der Waals surface area contributed by atoms with Crippen LogP contribution in [0, 0.1) is 0 Å². The van der Waals surface area contributed by atoms with Crippen molar-refractivity contribution in [3.8, 4) is 11.5 Å². The zero-order valence-electron chi connectivity index (χ0n) is 12.8. The highest BCUT2D eigenvalue weighted by Crippen LogP contribution is 2.41. The zero-order chi connectivity index (χ0) is 15.4. The van der Waals surface area contributed by atoms with E-state index in [2.05, 4.69) is 27.9 Å². The topological polar surface area (TPSA) is 57.0 Å². The molecule has 1 atom stereocenters. The van der Waals surface area contributed by atoms with Crippen molar-refractivity contribution in [2.24, 2.45) is 5.73 Å². The molecule has 0 saturated heterocycles. The Bertz CT molecular complexity index is 482. The summed E-state index contributed by atoms with van der Waals surface area (Å²) in [5, 5.41) is 0. The van der Waals surface area contributed by atoms with Gasteiger partial charge < -0.3 is 19.9 Å². The van der Waals surface area contributed by atoms with Gasteiger partial charge in [0.1, 0.15) is 0 Å². The number of ether oxygens (including phenoxy) is 3. The lowest BCUT2D eigenvalue weighted by atomic mass is 10.0. The Kier molecular flexibility index (Phi) is 5.87. The maximum Gasteiger partial charge on any atom is 0.231 e. The van der Waals surface area contributed by atoms with E-state index < -0.39 is 0 Å². The second-order valence-corrected chi connectivity index (χ2v) is 6.24. The molecule has 6 heteroatoms. The van der Waals surface area contributed by atoms with Gasteiger partial charge in [-0.3, -0.25) is 4.90 Å². The van der Waals surface area contributed by atoms with Crippen LogP contribution in [0.3, 0.4) is 0 Å². The fraction of sp³-hybridized carbons (Fsp3) is 0.600. The predicted molar refractivity (Wildman–Crippen MR) is 85.8 cm³/mol. The van der Waals surface area contributed by atoms with Gasteiger partial charge in [-0.2, -0.15) is 0 Å². The molecule has 1 aliphatic rings. The van der Waals surface area contributed by atoms with Gasteiger partial charge in [0, 0.05) is 19.1 Å². The molecular weight excluding hydrogens is 336 g/mol. The maximum absolute atomic E-state index is 5.96. The Labute approximate surface area is 134 Å². The van der Waals surface area contributed by atoms with Crippen molar-refractivity contribution < 1.29 is 14.2 Å². The van der Waals surface area contributed by atoms with Gasteiger partial charge in [-0.25, -0.2) is 0 Å². The molecule has 0 saturated carbocycles. The van der Waals surface area contributed by atoms with Gasteiger partial charge in [-0.05, 0) is 54.5 Å². The fourth-order valence-corrected chi connectivity index (χ4v) is 2.91. The highest BCUT2D eigenvalue weighted by molar-refractivity contribution is 9.10. The van der Waals surface area contributed by atoms with Gasteiger partial charge in [-0.15, -0.1) is 0 Å². The first-order chi connectivity index (χ1) is 10.0. The summed E-state index contributed by atoms with van der Waals surface area (Å²) >= 11 is 3.53. The summed E-state index contributed by atoms with van der Waals surface area (Å²) in [6, 6.07) is 4.17. The minimum absolute atomic E-state index is 0.117. The standard InChI is InChI=1S/C15H23BrN2O3/c1-10(2)19-5-4-18(3)13(8-17)11-6-12(16)15-14(7-11)20-9-21-15/h6-7,10,13H,4-5,8-9,17H2,1-3H3. The minimum atomic E-state index is 0.117. The molecule has 0 spiro atoms. The SMILES string of the molecule is CC(C)OCCN(C)C(CN)c1cc(Br)c2c(c1)OCO2. The third-order valence-electron chi connectivity index (χ3n) is 3.48. The molecule has 0 aliphatic carbocycles. The predicted octanol–water partition coefficient (Wildman–Crippen LogP) is 2.53. The van der Waals surface area contributed by atoms with E-state index in [9.17, 15) is 0 Å². The third-order valence-corrected chi connectivity index (χ3v) is 4.07. The van der Waals surface area contributed by atoms with Crippen LogP contribution in [-0.4, -0.2) is 44.5 Å². The Morgan fingerprint density at radius 3 is 2.81 bits per heavy atom. The molecule has 2 N–H and O–H groups in total. The van der Waals surface area contributed by atoms with Gasteiger partial charge in [-0.1, -0.05) is 0 Å². The van der Waals surface area contributed by atoms with Crippen LogP contribution in [0.4, 0.5) is 0 Å². The zero-order valence-corrected chi connectivity index (χ0v) is 14.4. The number of nitrogens with zero attached hydrogens (tertiary/aromatic N) is 1. The summed E-state index contributed by atoms with van der Waals surface area (Å²) in [5.41, 5.74) is 7.07. The number of likely N-dealkylation sites (N-methyl/N-ethyl adjacent to an activating group) is 1. The molecule has 1 aromatic carbocycles. The van der Waals surface area contributed by atoms with E-state index in [1.165, 1.54) is 0 Å². The van der Waals surface area contributed by atoms with Crippen LogP contribution in [0.1, 0.15) is 25.5 Å². The molecule has 0 amide bonds. The normalized spacial score (nSPS) is 15.0. The Morgan fingerprint density at radius 1 is 1.38 bits per heavy atom. The van der Waals surface area contributed by atoms with E-state index in [1.54, 1.807) is 0 Å².